The van der Waals surface area contributed by atoms with Gasteiger partial charge in [0.25, 0.3) is 0 Å². The average Bonchev–Trinajstić information content (AvgIpc) is 2.69. The van der Waals surface area contributed by atoms with Crippen molar-refractivity contribution in [3.63, 3.8) is 0 Å². The molecule has 1 heterocycles. The molecule has 2 rings (SSSR count). The van der Waals surface area contributed by atoms with Gasteiger partial charge in [-0.2, -0.15) is 5.10 Å². The van der Waals surface area contributed by atoms with Crippen LogP contribution in [-0.4, -0.2) is 17.3 Å². The van der Waals surface area contributed by atoms with Crippen LogP contribution >= 0.6 is 15.9 Å². The van der Waals surface area contributed by atoms with E-state index in [1.165, 1.54) is 0 Å². The number of methoxy groups -OCH3 is 1. The van der Waals surface area contributed by atoms with E-state index < -0.39 is 0 Å². The minimum atomic E-state index is 0.471. The third kappa shape index (κ3) is 2.02. The number of rotatable bonds is 2. The largest absolute Gasteiger partial charge is 0.495 e. The maximum absolute atomic E-state index is 5.63. The summed E-state index contributed by atoms with van der Waals surface area (Å²) in [6.45, 7) is 4.07. The van der Waals surface area contributed by atoms with Gasteiger partial charge in [0.05, 0.1) is 17.3 Å². The molecule has 0 aliphatic heterocycles. The van der Waals surface area contributed by atoms with Crippen LogP contribution in [0.25, 0.3) is 11.3 Å². The van der Waals surface area contributed by atoms with Gasteiger partial charge in [0.1, 0.15) is 11.6 Å². The number of aryl methyl sites for hydroxylation is 2. The Morgan fingerprint density at radius 1 is 1.29 bits per heavy atom. The number of H-pyrrole nitrogens is 1. The summed E-state index contributed by atoms with van der Waals surface area (Å²) in [5.41, 5.74) is 9.72. The predicted molar refractivity (Wildman–Crippen MR) is 72.2 cm³/mol. The molecule has 0 atom stereocenters. The zero-order chi connectivity index (χ0) is 12.6. The predicted octanol–water partition coefficient (Wildman–Crippen LogP) is 3.05. The monoisotopic (exact) mass is 295 g/mol. The molecule has 0 saturated carbocycles. The second kappa shape index (κ2) is 4.41. The molecular weight excluding hydrogens is 282 g/mol. The van der Waals surface area contributed by atoms with Crippen LogP contribution in [0.2, 0.25) is 0 Å². The SMILES string of the molecule is COc1c(Br)c(C)cc(C)c1-c1cc(N)n[nH]1. The summed E-state index contributed by atoms with van der Waals surface area (Å²) in [7, 11) is 1.65. The minimum absolute atomic E-state index is 0.471. The van der Waals surface area contributed by atoms with Crippen molar-refractivity contribution < 1.29 is 4.74 Å². The van der Waals surface area contributed by atoms with Crippen molar-refractivity contribution in [2.45, 2.75) is 13.8 Å². The van der Waals surface area contributed by atoms with Gasteiger partial charge in [-0.05, 0) is 40.9 Å². The number of nitrogens with one attached hydrogen (secondary N) is 1. The topological polar surface area (TPSA) is 63.9 Å². The molecule has 0 aliphatic carbocycles. The van der Waals surface area contributed by atoms with Gasteiger partial charge < -0.3 is 10.5 Å². The number of aromatic nitrogens is 2. The number of nitrogens with two attached hydrogens (primary N) is 1. The number of hydrogen-bond donors (Lipinski definition) is 2. The standard InChI is InChI=1S/C12H14BrN3O/c1-6-4-7(2)11(13)12(17-3)10(6)8-5-9(14)16-15-8/h4-5H,1-3H3,(H3,14,15,16). The van der Waals surface area contributed by atoms with Crippen LogP contribution in [0.15, 0.2) is 16.6 Å². The van der Waals surface area contributed by atoms with E-state index >= 15 is 0 Å². The van der Waals surface area contributed by atoms with E-state index in [4.69, 9.17) is 10.5 Å². The van der Waals surface area contributed by atoms with Crippen LogP contribution in [0.3, 0.4) is 0 Å². The molecule has 0 fully saturated rings. The van der Waals surface area contributed by atoms with Crippen LogP contribution in [0.5, 0.6) is 5.75 Å². The lowest BCUT2D eigenvalue weighted by Crippen LogP contribution is -1.95. The molecule has 5 heteroatoms. The molecule has 1 aromatic carbocycles. The van der Waals surface area contributed by atoms with Gasteiger partial charge >= 0.3 is 0 Å². The van der Waals surface area contributed by atoms with Crippen molar-refractivity contribution in [1.29, 1.82) is 0 Å². The minimum Gasteiger partial charge on any atom is -0.495 e. The number of benzene rings is 1. The number of halogens is 1. The molecule has 0 aliphatic rings. The Labute approximate surface area is 108 Å². The highest BCUT2D eigenvalue weighted by Crippen LogP contribution is 2.40. The number of ether oxygens (including phenoxy) is 1. The molecular formula is C12H14BrN3O. The lowest BCUT2D eigenvalue weighted by atomic mass is 10.0. The fraction of sp³-hybridized carbons (Fsp3) is 0.250. The fourth-order valence-electron chi connectivity index (χ4n) is 1.92. The third-order valence-electron chi connectivity index (χ3n) is 2.67. The van der Waals surface area contributed by atoms with E-state index in [9.17, 15) is 0 Å². The first-order valence-electron chi connectivity index (χ1n) is 5.19. The van der Waals surface area contributed by atoms with Gasteiger partial charge in [0, 0.05) is 11.6 Å². The molecule has 4 nitrogen and oxygen atoms in total. The van der Waals surface area contributed by atoms with Crippen molar-refractivity contribution in [1.82, 2.24) is 10.2 Å². The molecule has 0 saturated heterocycles. The van der Waals surface area contributed by atoms with Gasteiger partial charge in [0.2, 0.25) is 0 Å². The Kier molecular flexibility index (Phi) is 3.11. The third-order valence-corrected chi connectivity index (χ3v) is 3.66. The van der Waals surface area contributed by atoms with Gasteiger partial charge in [-0.3, -0.25) is 5.10 Å². The summed E-state index contributed by atoms with van der Waals surface area (Å²) in [6, 6.07) is 3.89. The van der Waals surface area contributed by atoms with E-state index in [0.29, 0.717) is 5.82 Å². The maximum Gasteiger partial charge on any atom is 0.145 e. The molecule has 0 bridgehead atoms. The highest BCUT2D eigenvalue weighted by molar-refractivity contribution is 9.10. The Balaban J connectivity index is 2.72. The first kappa shape index (κ1) is 12.0. The Morgan fingerprint density at radius 2 is 2.00 bits per heavy atom. The van der Waals surface area contributed by atoms with E-state index in [1.807, 2.05) is 13.8 Å². The van der Waals surface area contributed by atoms with E-state index in [-0.39, 0.29) is 0 Å². The lowest BCUT2D eigenvalue weighted by molar-refractivity contribution is 0.413. The van der Waals surface area contributed by atoms with Crippen molar-refractivity contribution >= 4 is 21.7 Å². The molecule has 0 radical (unpaired) electrons. The summed E-state index contributed by atoms with van der Waals surface area (Å²) in [5, 5.41) is 6.85. The number of nitrogen functional groups attached to an aromatic ring is 1. The maximum atomic E-state index is 5.63. The lowest BCUT2D eigenvalue weighted by Gasteiger charge is -2.14. The normalized spacial score (nSPS) is 10.6. The first-order valence-corrected chi connectivity index (χ1v) is 5.98. The van der Waals surface area contributed by atoms with Crippen LogP contribution in [0.4, 0.5) is 5.82 Å². The van der Waals surface area contributed by atoms with E-state index in [1.54, 1.807) is 13.2 Å². The number of aromatic amines is 1. The van der Waals surface area contributed by atoms with Crippen LogP contribution in [0.1, 0.15) is 11.1 Å². The van der Waals surface area contributed by atoms with E-state index in [0.717, 1.165) is 32.6 Å². The molecule has 90 valence electrons. The van der Waals surface area contributed by atoms with Gasteiger partial charge in [0.15, 0.2) is 0 Å². The summed E-state index contributed by atoms with van der Waals surface area (Å²) in [5.74, 6) is 1.27. The summed E-state index contributed by atoms with van der Waals surface area (Å²) in [6.07, 6.45) is 0. The fourth-order valence-corrected chi connectivity index (χ4v) is 2.39. The van der Waals surface area contributed by atoms with Crippen molar-refractivity contribution in [3.8, 4) is 17.0 Å². The Morgan fingerprint density at radius 3 is 2.53 bits per heavy atom. The highest BCUT2D eigenvalue weighted by Gasteiger charge is 2.16. The highest BCUT2D eigenvalue weighted by atomic mass is 79.9. The molecule has 1 aromatic heterocycles. The van der Waals surface area contributed by atoms with E-state index in [2.05, 4.69) is 32.2 Å². The molecule has 3 N–H and O–H groups in total. The summed E-state index contributed by atoms with van der Waals surface area (Å²) in [4.78, 5) is 0. The number of hydrogen-bond acceptors (Lipinski definition) is 3. The van der Waals surface area contributed by atoms with Crippen LogP contribution < -0.4 is 10.5 Å². The molecule has 2 aromatic rings. The quantitative estimate of drug-likeness (QED) is 0.895. The average molecular weight is 296 g/mol. The molecule has 0 spiro atoms. The summed E-state index contributed by atoms with van der Waals surface area (Å²) < 4.78 is 6.42. The number of nitrogens with zero attached hydrogens (tertiary/aromatic N) is 1. The van der Waals surface area contributed by atoms with Crippen LogP contribution in [0, 0.1) is 13.8 Å². The van der Waals surface area contributed by atoms with Gasteiger partial charge in [-0.25, -0.2) is 0 Å². The Bertz CT molecular complexity index is 563. The van der Waals surface area contributed by atoms with Gasteiger partial charge in [-0.15, -0.1) is 0 Å². The first-order chi connectivity index (χ1) is 8.04. The van der Waals surface area contributed by atoms with Crippen molar-refractivity contribution in [2.24, 2.45) is 0 Å². The molecule has 0 amide bonds. The molecule has 17 heavy (non-hydrogen) atoms. The molecule has 0 unspecified atom stereocenters. The second-order valence-corrected chi connectivity index (χ2v) is 4.73. The van der Waals surface area contributed by atoms with Gasteiger partial charge in [-0.1, -0.05) is 6.07 Å². The zero-order valence-corrected chi connectivity index (χ0v) is 11.6. The Hall–Kier alpha value is -1.49. The second-order valence-electron chi connectivity index (χ2n) is 3.94. The zero-order valence-electron chi connectivity index (χ0n) is 9.97. The van der Waals surface area contributed by atoms with Crippen LogP contribution in [-0.2, 0) is 0 Å². The number of anilines is 1. The van der Waals surface area contributed by atoms with Crippen molar-refractivity contribution in [3.05, 3.63) is 27.7 Å². The van der Waals surface area contributed by atoms with Crippen molar-refractivity contribution in [2.75, 3.05) is 12.8 Å². The smallest absolute Gasteiger partial charge is 0.145 e. The summed E-state index contributed by atoms with van der Waals surface area (Å²) >= 11 is 3.54.